The molecule has 0 amide bonds. The summed E-state index contributed by atoms with van der Waals surface area (Å²) in [5, 5.41) is 13.0. The molecule has 3 rings (SSSR count). The molecular weight excluding hydrogens is 298 g/mol. The molecule has 4 nitrogen and oxygen atoms in total. The van der Waals surface area contributed by atoms with Crippen LogP contribution in [0.4, 0.5) is 11.4 Å². The molecule has 1 aliphatic rings. The summed E-state index contributed by atoms with van der Waals surface area (Å²) in [6, 6.07) is 17.0. The highest BCUT2D eigenvalue weighted by Crippen LogP contribution is 2.23. The number of nitrogens with one attached hydrogen (secondary N) is 1. The first-order valence-electron chi connectivity index (χ1n) is 8.66. The van der Waals surface area contributed by atoms with Gasteiger partial charge in [-0.25, -0.2) is 0 Å². The quantitative estimate of drug-likeness (QED) is 0.886. The van der Waals surface area contributed by atoms with E-state index in [0.717, 1.165) is 31.7 Å². The molecule has 1 unspecified atom stereocenters. The van der Waals surface area contributed by atoms with Crippen molar-refractivity contribution in [3.8, 4) is 0 Å². The van der Waals surface area contributed by atoms with Gasteiger partial charge in [-0.05, 0) is 49.4 Å². The monoisotopic (exact) mass is 325 g/mol. The number of rotatable bonds is 5. The van der Waals surface area contributed by atoms with E-state index in [-0.39, 0.29) is 0 Å². The number of hydrogen-bond acceptors (Lipinski definition) is 4. The summed E-state index contributed by atoms with van der Waals surface area (Å²) < 4.78 is 0. The topological polar surface area (TPSA) is 38.7 Å². The lowest BCUT2D eigenvalue weighted by molar-refractivity contribution is 0.178. The highest BCUT2D eigenvalue weighted by Gasteiger charge is 2.18. The van der Waals surface area contributed by atoms with Crippen molar-refractivity contribution >= 4 is 11.4 Å². The summed E-state index contributed by atoms with van der Waals surface area (Å²) in [6.45, 7) is 6.83. The summed E-state index contributed by atoms with van der Waals surface area (Å²) in [4.78, 5) is 4.87. The number of likely N-dealkylation sites (N-methyl/N-ethyl adjacent to an activating group) is 1. The van der Waals surface area contributed by atoms with E-state index in [4.69, 9.17) is 0 Å². The van der Waals surface area contributed by atoms with Gasteiger partial charge in [0.05, 0.1) is 6.10 Å². The molecule has 0 aromatic heterocycles. The van der Waals surface area contributed by atoms with E-state index < -0.39 is 6.10 Å². The molecule has 1 heterocycles. The fourth-order valence-electron chi connectivity index (χ4n) is 3.27. The summed E-state index contributed by atoms with van der Waals surface area (Å²) in [6.07, 6.45) is -0.442. The third-order valence-corrected chi connectivity index (χ3v) is 4.69. The van der Waals surface area contributed by atoms with Gasteiger partial charge in [-0.1, -0.05) is 24.3 Å². The van der Waals surface area contributed by atoms with Crippen molar-refractivity contribution in [2.45, 2.75) is 13.0 Å². The van der Waals surface area contributed by atoms with Gasteiger partial charge in [-0.15, -0.1) is 0 Å². The van der Waals surface area contributed by atoms with Crippen molar-refractivity contribution in [1.82, 2.24) is 5.32 Å². The Kier molecular flexibility index (Phi) is 5.38. The molecule has 4 heteroatoms. The molecule has 0 radical (unpaired) electrons. The summed E-state index contributed by atoms with van der Waals surface area (Å²) in [5.74, 6) is 0. The van der Waals surface area contributed by atoms with E-state index in [1.807, 2.05) is 19.2 Å². The summed E-state index contributed by atoms with van der Waals surface area (Å²) in [5.41, 5.74) is 4.83. The fourth-order valence-corrected chi connectivity index (χ4v) is 3.27. The Bertz CT molecular complexity index is 648. The molecule has 1 saturated heterocycles. The van der Waals surface area contributed by atoms with Crippen LogP contribution in [-0.4, -0.2) is 44.9 Å². The molecule has 1 atom stereocenters. The lowest BCUT2D eigenvalue weighted by Gasteiger charge is -2.37. The maximum atomic E-state index is 10.0. The molecular formula is C20H27N3O. The van der Waals surface area contributed by atoms with Crippen LogP contribution in [0.5, 0.6) is 0 Å². The van der Waals surface area contributed by atoms with Crippen molar-refractivity contribution in [2.24, 2.45) is 0 Å². The highest BCUT2D eigenvalue weighted by molar-refractivity contribution is 5.53. The minimum atomic E-state index is -0.442. The van der Waals surface area contributed by atoms with Crippen molar-refractivity contribution in [3.63, 3.8) is 0 Å². The van der Waals surface area contributed by atoms with E-state index in [9.17, 15) is 5.11 Å². The normalized spacial score (nSPS) is 16.3. The average Bonchev–Trinajstić information content (AvgIpc) is 2.62. The Balaban J connectivity index is 1.60. The van der Waals surface area contributed by atoms with Gasteiger partial charge in [0.15, 0.2) is 0 Å². The SMILES string of the molecule is CNCC(O)c1ccc(N2CCN(c3cccc(C)c3)CC2)cc1. The molecule has 1 fully saturated rings. The largest absolute Gasteiger partial charge is 0.387 e. The maximum Gasteiger partial charge on any atom is 0.0914 e. The Morgan fingerprint density at radius 3 is 2.17 bits per heavy atom. The first kappa shape index (κ1) is 16.8. The maximum absolute atomic E-state index is 10.0. The van der Waals surface area contributed by atoms with E-state index in [1.54, 1.807) is 0 Å². The van der Waals surface area contributed by atoms with Crippen molar-refractivity contribution in [1.29, 1.82) is 0 Å². The lowest BCUT2D eigenvalue weighted by Crippen LogP contribution is -2.46. The number of aryl methyl sites for hydroxylation is 1. The first-order valence-corrected chi connectivity index (χ1v) is 8.66. The predicted octanol–water partition coefficient (Wildman–Crippen LogP) is 2.57. The molecule has 0 spiro atoms. The van der Waals surface area contributed by atoms with Gasteiger partial charge in [0, 0.05) is 44.1 Å². The minimum absolute atomic E-state index is 0.442. The van der Waals surface area contributed by atoms with Gasteiger partial charge in [0.1, 0.15) is 0 Å². The molecule has 2 N–H and O–H groups in total. The van der Waals surface area contributed by atoms with Crippen LogP contribution in [-0.2, 0) is 0 Å². The molecule has 128 valence electrons. The second-order valence-electron chi connectivity index (χ2n) is 6.48. The second-order valence-corrected chi connectivity index (χ2v) is 6.48. The molecule has 0 saturated carbocycles. The number of anilines is 2. The number of aliphatic hydroxyl groups excluding tert-OH is 1. The number of benzene rings is 2. The molecule has 0 bridgehead atoms. The molecule has 2 aromatic carbocycles. The van der Waals surface area contributed by atoms with Crippen LogP contribution in [0.2, 0.25) is 0 Å². The number of piperazine rings is 1. The molecule has 0 aliphatic carbocycles. The van der Waals surface area contributed by atoms with Crippen molar-refractivity contribution in [3.05, 3.63) is 59.7 Å². The van der Waals surface area contributed by atoms with E-state index in [1.165, 1.54) is 16.9 Å². The fraction of sp³-hybridized carbons (Fsp3) is 0.400. The Labute approximate surface area is 144 Å². The number of hydrogen-bond donors (Lipinski definition) is 2. The average molecular weight is 325 g/mol. The molecule has 1 aliphatic heterocycles. The zero-order chi connectivity index (χ0) is 16.9. The van der Waals surface area contributed by atoms with E-state index in [0.29, 0.717) is 6.54 Å². The van der Waals surface area contributed by atoms with Crippen LogP contribution in [0, 0.1) is 6.92 Å². The van der Waals surface area contributed by atoms with Crippen molar-refractivity contribution < 1.29 is 5.11 Å². The van der Waals surface area contributed by atoms with Gasteiger partial charge in [0.2, 0.25) is 0 Å². The van der Waals surface area contributed by atoms with Crippen molar-refractivity contribution in [2.75, 3.05) is 49.6 Å². The third kappa shape index (κ3) is 3.89. The van der Waals surface area contributed by atoms with Gasteiger partial charge >= 0.3 is 0 Å². The van der Waals surface area contributed by atoms with Crippen LogP contribution in [0.25, 0.3) is 0 Å². The summed E-state index contributed by atoms with van der Waals surface area (Å²) in [7, 11) is 1.85. The van der Waals surface area contributed by atoms with Gasteiger partial charge < -0.3 is 20.2 Å². The van der Waals surface area contributed by atoms with Crippen LogP contribution in [0.1, 0.15) is 17.2 Å². The number of nitrogens with zero attached hydrogens (tertiary/aromatic N) is 2. The van der Waals surface area contributed by atoms with Crippen LogP contribution in [0.15, 0.2) is 48.5 Å². The van der Waals surface area contributed by atoms with Gasteiger partial charge in [-0.2, -0.15) is 0 Å². The first-order chi connectivity index (χ1) is 11.7. The van der Waals surface area contributed by atoms with Crippen LogP contribution >= 0.6 is 0 Å². The minimum Gasteiger partial charge on any atom is -0.387 e. The van der Waals surface area contributed by atoms with E-state index in [2.05, 4.69) is 58.4 Å². The lowest BCUT2D eigenvalue weighted by atomic mass is 10.1. The smallest absolute Gasteiger partial charge is 0.0914 e. The van der Waals surface area contributed by atoms with Gasteiger partial charge in [-0.3, -0.25) is 0 Å². The second kappa shape index (κ2) is 7.69. The predicted molar refractivity (Wildman–Crippen MR) is 101 cm³/mol. The zero-order valence-corrected chi connectivity index (χ0v) is 14.6. The Morgan fingerprint density at radius 2 is 1.58 bits per heavy atom. The standard InChI is InChI=1S/C20H27N3O/c1-16-4-3-5-19(14-16)23-12-10-22(11-13-23)18-8-6-17(7-9-18)20(24)15-21-2/h3-9,14,20-21,24H,10-13,15H2,1-2H3. The van der Waals surface area contributed by atoms with Crippen LogP contribution < -0.4 is 15.1 Å². The highest BCUT2D eigenvalue weighted by atomic mass is 16.3. The number of aliphatic hydroxyl groups is 1. The van der Waals surface area contributed by atoms with E-state index >= 15 is 0 Å². The molecule has 2 aromatic rings. The Morgan fingerprint density at radius 1 is 0.958 bits per heavy atom. The zero-order valence-electron chi connectivity index (χ0n) is 14.6. The van der Waals surface area contributed by atoms with Crippen LogP contribution in [0.3, 0.4) is 0 Å². The molecule has 24 heavy (non-hydrogen) atoms. The third-order valence-electron chi connectivity index (χ3n) is 4.69. The summed E-state index contributed by atoms with van der Waals surface area (Å²) >= 11 is 0. The Hall–Kier alpha value is -2.04. The van der Waals surface area contributed by atoms with Gasteiger partial charge in [0.25, 0.3) is 0 Å².